The monoisotopic (exact) mass is 181 g/mol. The fourth-order valence-corrected chi connectivity index (χ4v) is 0.898. The molecule has 0 spiro atoms. The van der Waals surface area contributed by atoms with Crippen molar-refractivity contribution in [2.45, 2.75) is 0 Å². The van der Waals surface area contributed by atoms with Gasteiger partial charge in [0.2, 0.25) is 5.78 Å². The number of halogens is 1. The number of ketones is 1. The number of rotatable bonds is 3. The van der Waals surface area contributed by atoms with Gasteiger partial charge in [-0.1, -0.05) is 0 Å². The van der Waals surface area contributed by atoms with Crippen molar-refractivity contribution in [1.29, 1.82) is 5.41 Å². The minimum Gasteiger partial charge on any atom is -0.497 e. The standard InChI is InChI=1S/C9H8FNO2/c1-13-6-2-3-8(10)7(4-6)9(12)5-11/h2-5,11H,1H3. The van der Waals surface area contributed by atoms with Crippen molar-refractivity contribution in [2.24, 2.45) is 0 Å². The number of hydrogen-bond donors (Lipinski definition) is 1. The summed E-state index contributed by atoms with van der Waals surface area (Å²) in [4.78, 5) is 11.0. The third kappa shape index (κ3) is 1.90. The van der Waals surface area contributed by atoms with Crippen molar-refractivity contribution in [1.82, 2.24) is 0 Å². The number of methoxy groups -OCH3 is 1. The molecule has 0 atom stereocenters. The van der Waals surface area contributed by atoms with E-state index in [0.717, 1.165) is 6.07 Å². The molecule has 0 aromatic heterocycles. The van der Waals surface area contributed by atoms with Gasteiger partial charge in [0.1, 0.15) is 11.6 Å². The van der Waals surface area contributed by atoms with Crippen LogP contribution in [0, 0.1) is 11.2 Å². The zero-order valence-corrected chi connectivity index (χ0v) is 7.00. The molecule has 1 N–H and O–H groups in total. The van der Waals surface area contributed by atoms with Gasteiger partial charge in [-0.25, -0.2) is 4.39 Å². The van der Waals surface area contributed by atoms with Gasteiger partial charge in [0.25, 0.3) is 0 Å². The van der Waals surface area contributed by atoms with E-state index in [1.807, 2.05) is 0 Å². The summed E-state index contributed by atoms with van der Waals surface area (Å²) in [6.07, 6.45) is 0.567. The molecular formula is C9H8FNO2. The molecule has 1 rings (SSSR count). The third-order valence-electron chi connectivity index (χ3n) is 1.57. The van der Waals surface area contributed by atoms with E-state index in [-0.39, 0.29) is 5.56 Å². The van der Waals surface area contributed by atoms with E-state index in [4.69, 9.17) is 10.1 Å². The molecule has 3 nitrogen and oxygen atoms in total. The zero-order chi connectivity index (χ0) is 9.84. The highest BCUT2D eigenvalue weighted by Crippen LogP contribution is 2.16. The van der Waals surface area contributed by atoms with E-state index in [1.54, 1.807) is 0 Å². The molecule has 1 aromatic carbocycles. The van der Waals surface area contributed by atoms with Crippen LogP contribution in [0.4, 0.5) is 4.39 Å². The predicted octanol–water partition coefficient (Wildman–Crippen LogP) is 1.67. The molecule has 0 unspecified atom stereocenters. The third-order valence-corrected chi connectivity index (χ3v) is 1.57. The molecule has 1 aromatic rings. The molecule has 0 aliphatic rings. The summed E-state index contributed by atoms with van der Waals surface area (Å²) in [6, 6.07) is 3.81. The molecular weight excluding hydrogens is 173 g/mol. The lowest BCUT2D eigenvalue weighted by molar-refractivity contribution is 0.106. The maximum Gasteiger partial charge on any atom is 0.206 e. The highest BCUT2D eigenvalue weighted by Gasteiger charge is 2.09. The number of hydrogen-bond acceptors (Lipinski definition) is 3. The number of Topliss-reactive ketones (excluding diaryl/α,β-unsaturated/α-hetero) is 1. The first kappa shape index (κ1) is 9.38. The van der Waals surface area contributed by atoms with E-state index in [2.05, 4.69) is 0 Å². The maximum absolute atomic E-state index is 13.0. The normalized spacial score (nSPS) is 9.38. The Hall–Kier alpha value is -1.71. The summed E-state index contributed by atoms with van der Waals surface area (Å²) in [6.45, 7) is 0. The fraction of sp³-hybridized carbons (Fsp3) is 0.111. The van der Waals surface area contributed by atoms with Gasteiger partial charge < -0.3 is 10.1 Å². The first-order chi connectivity index (χ1) is 6.19. The minimum absolute atomic E-state index is 0.144. The molecule has 0 aliphatic heterocycles. The minimum atomic E-state index is -0.670. The highest BCUT2D eigenvalue weighted by atomic mass is 19.1. The number of ether oxygens (including phenoxy) is 1. The summed E-state index contributed by atoms with van der Waals surface area (Å²) in [5, 5.41) is 6.69. The molecule has 4 heteroatoms. The number of benzene rings is 1. The van der Waals surface area contributed by atoms with E-state index in [9.17, 15) is 9.18 Å². The van der Waals surface area contributed by atoms with Gasteiger partial charge in [-0.3, -0.25) is 4.79 Å². The smallest absolute Gasteiger partial charge is 0.206 e. The van der Waals surface area contributed by atoms with E-state index in [1.165, 1.54) is 19.2 Å². The van der Waals surface area contributed by atoms with Crippen LogP contribution < -0.4 is 4.74 Å². The molecule has 0 bridgehead atoms. The molecule has 0 saturated carbocycles. The van der Waals surface area contributed by atoms with Crippen LogP contribution in [-0.4, -0.2) is 19.1 Å². The number of nitrogens with one attached hydrogen (secondary N) is 1. The number of carbonyl (C=O) groups excluding carboxylic acids is 1. The Kier molecular flexibility index (Phi) is 2.74. The molecule has 68 valence electrons. The zero-order valence-electron chi connectivity index (χ0n) is 7.00. The Morgan fingerprint density at radius 3 is 2.85 bits per heavy atom. The first-order valence-electron chi connectivity index (χ1n) is 3.57. The van der Waals surface area contributed by atoms with Crippen molar-refractivity contribution in [3.8, 4) is 5.75 Å². The van der Waals surface area contributed by atoms with Crippen LogP contribution >= 0.6 is 0 Å². The quantitative estimate of drug-likeness (QED) is 0.569. The topological polar surface area (TPSA) is 50.2 Å². The Balaban J connectivity index is 3.18. The van der Waals surface area contributed by atoms with Gasteiger partial charge in [-0.05, 0) is 18.2 Å². The number of carbonyl (C=O) groups is 1. The summed E-state index contributed by atoms with van der Waals surface area (Å²) in [7, 11) is 1.42. The van der Waals surface area contributed by atoms with Gasteiger partial charge in [0.15, 0.2) is 0 Å². The van der Waals surface area contributed by atoms with Crippen LogP contribution in [0.2, 0.25) is 0 Å². The summed E-state index contributed by atoms with van der Waals surface area (Å²) >= 11 is 0. The van der Waals surface area contributed by atoms with Gasteiger partial charge in [0, 0.05) is 0 Å². The second-order valence-electron chi connectivity index (χ2n) is 2.35. The largest absolute Gasteiger partial charge is 0.497 e. The Bertz CT molecular complexity index is 349. The van der Waals surface area contributed by atoms with Crippen LogP contribution in [0.5, 0.6) is 5.75 Å². The highest BCUT2D eigenvalue weighted by molar-refractivity contribution is 6.34. The second-order valence-corrected chi connectivity index (χ2v) is 2.35. The van der Waals surface area contributed by atoms with Gasteiger partial charge in [-0.15, -0.1) is 0 Å². The van der Waals surface area contributed by atoms with Crippen molar-refractivity contribution < 1.29 is 13.9 Å². The molecule has 0 radical (unpaired) electrons. The van der Waals surface area contributed by atoms with Gasteiger partial charge >= 0.3 is 0 Å². The second kappa shape index (κ2) is 3.80. The molecule has 0 saturated heterocycles. The fourth-order valence-electron chi connectivity index (χ4n) is 0.898. The lowest BCUT2D eigenvalue weighted by Gasteiger charge is -2.02. The molecule has 0 amide bonds. The van der Waals surface area contributed by atoms with Gasteiger partial charge in [-0.2, -0.15) is 0 Å². The Labute approximate surface area is 74.7 Å². The predicted molar refractivity (Wildman–Crippen MR) is 46.1 cm³/mol. The van der Waals surface area contributed by atoms with Crippen molar-refractivity contribution in [3.63, 3.8) is 0 Å². The first-order valence-corrected chi connectivity index (χ1v) is 3.57. The SMILES string of the molecule is COc1ccc(F)c(C(=O)C=N)c1. The van der Waals surface area contributed by atoms with Crippen LogP contribution in [0.3, 0.4) is 0 Å². The van der Waals surface area contributed by atoms with E-state index >= 15 is 0 Å². The molecule has 0 heterocycles. The lowest BCUT2D eigenvalue weighted by Crippen LogP contribution is -2.03. The van der Waals surface area contributed by atoms with Crippen molar-refractivity contribution in [3.05, 3.63) is 29.6 Å². The van der Waals surface area contributed by atoms with Crippen LogP contribution in [0.15, 0.2) is 18.2 Å². The van der Waals surface area contributed by atoms with Crippen molar-refractivity contribution >= 4 is 12.0 Å². The molecule has 0 fully saturated rings. The van der Waals surface area contributed by atoms with Gasteiger partial charge in [0.05, 0.1) is 18.9 Å². The summed E-state index contributed by atoms with van der Waals surface area (Å²) in [5.41, 5.74) is -0.144. The van der Waals surface area contributed by atoms with E-state index in [0.29, 0.717) is 12.0 Å². The average molecular weight is 181 g/mol. The Morgan fingerprint density at radius 2 is 2.31 bits per heavy atom. The van der Waals surface area contributed by atoms with Crippen molar-refractivity contribution in [2.75, 3.05) is 7.11 Å². The average Bonchev–Trinajstić information content (AvgIpc) is 2.17. The summed E-state index contributed by atoms with van der Waals surface area (Å²) < 4.78 is 17.8. The lowest BCUT2D eigenvalue weighted by atomic mass is 10.1. The van der Waals surface area contributed by atoms with E-state index < -0.39 is 11.6 Å². The molecule has 13 heavy (non-hydrogen) atoms. The summed E-state index contributed by atoms with van der Waals surface area (Å²) in [5.74, 6) is -0.919. The van der Waals surface area contributed by atoms with Crippen LogP contribution in [0.25, 0.3) is 0 Å². The maximum atomic E-state index is 13.0. The van der Waals surface area contributed by atoms with Crippen LogP contribution in [-0.2, 0) is 0 Å². The Morgan fingerprint density at radius 1 is 1.62 bits per heavy atom. The van der Waals surface area contributed by atoms with Crippen LogP contribution in [0.1, 0.15) is 10.4 Å². The molecule has 0 aliphatic carbocycles.